The molecular formula is C26H23N5OS. The Bertz CT molecular complexity index is 1380. The van der Waals surface area contributed by atoms with Crippen LogP contribution in [0.15, 0.2) is 88.5 Å². The van der Waals surface area contributed by atoms with Crippen molar-refractivity contribution in [3.05, 3.63) is 107 Å². The molecule has 0 aliphatic carbocycles. The maximum Gasteiger partial charge on any atom is 0.237 e. The van der Waals surface area contributed by atoms with Gasteiger partial charge in [0.2, 0.25) is 11.7 Å². The number of rotatable bonds is 7. The molecule has 0 unspecified atom stereocenters. The van der Waals surface area contributed by atoms with Crippen LogP contribution in [0.3, 0.4) is 0 Å². The molecule has 33 heavy (non-hydrogen) atoms. The first-order chi connectivity index (χ1) is 16.2. The van der Waals surface area contributed by atoms with Crippen LogP contribution in [0, 0.1) is 13.8 Å². The molecule has 5 rings (SSSR count). The molecular weight excluding hydrogens is 430 g/mol. The lowest BCUT2D eigenvalue weighted by molar-refractivity contribution is 0.391. The van der Waals surface area contributed by atoms with E-state index >= 15 is 0 Å². The minimum atomic E-state index is 0.508. The molecule has 0 radical (unpaired) electrons. The largest absolute Gasteiger partial charge is 0.338 e. The monoisotopic (exact) mass is 453 g/mol. The van der Waals surface area contributed by atoms with E-state index in [9.17, 15) is 0 Å². The van der Waals surface area contributed by atoms with Gasteiger partial charge in [-0.2, -0.15) is 4.98 Å². The van der Waals surface area contributed by atoms with Gasteiger partial charge in [-0.15, -0.1) is 10.2 Å². The summed E-state index contributed by atoms with van der Waals surface area (Å²) in [6.07, 6.45) is 0.695. The maximum atomic E-state index is 5.52. The van der Waals surface area contributed by atoms with Crippen molar-refractivity contribution in [2.45, 2.75) is 31.2 Å². The van der Waals surface area contributed by atoms with E-state index in [-0.39, 0.29) is 0 Å². The molecule has 0 aliphatic rings. The summed E-state index contributed by atoms with van der Waals surface area (Å²) in [5, 5.41) is 14.0. The van der Waals surface area contributed by atoms with Gasteiger partial charge in [0.05, 0.1) is 5.75 Å². The van der Waals surface area contributed by atoms with Crippen molar-refractivity contribution in [2.24, 2.45) is 0 Å². The van der Waals surface area contributed by atoms with Gasteiger partial charge in [0.1, 0.15) is 5.82 Å². The molecule has 164 valence electrons. The summed E-state index contributed by atoms with van der Waals surface area (Å²) in [5.41, 5.74) is 5.50. The first-order valence-corrected chi connectivity index (χ1v) is 11.7. The second-order valence-corrected chi connectivity index (χ2v) is 8.79. The fourth-order valence-corrected chi connectivity index (χ4v) is 4.49. The van der Waals surface area contributed by atoms with Crippen LogP contribution in [0.25, 0.3) is 17.1 Å². The SMILES string of the molecule is Cc1cccc(-n2c(Cc3ccccc3)nnc2SCc2nc(-c3ccccc3C)no2)c1. The second-order valence-electron chi connectivity index (χ2n) is 7.85. The molecule has 0 N–H and O–H groups in total. The van der Waals surface area contributed by atoms with Crippen molar-refractivity contribution in [1.82, 2.24) is 24.9 Å². The predicted molar refractivity (Wildman–Crippen MR) is 129 cm³/mol. The van der Waals surface area contributed by atoms with Gasteiger partial charge in [0.15, 0.2) is 5.16 Å². The van der Waals surface area contributed by atoms with Gasteiger partial charge >= 0.3 is 0 Å². The van der Waals surface area contributed by atoms with E-state index < -0.39 is 0 Å². The van der Waals surface area contributed by atoms with Crippen molar-refractivity contribution in [3.8, 4) is 17.1 Å². The standard InChI is InChI=1S/C26H23N5OS/c1-18-9-8-13-21(15-18)31-23(16-20-11-4-3-5-12-20)28-29-26(31)33-17-24-27-25(30-32-24)22-14-7-6-10-19(22)2/h3-15H,16-17H2,1-2H3. The minimum Gasteiger partial charge on any atom is -0.338 e. The molecule has 0 fully saturated rings. The smallest absolute Gasteiger partial charge is 0.237 e. The highest BCUT2D eigenvalue weighted by molar-refractivity contribution is 7.98. The molecule has 2 aromatic heterocycles. The summed E-state index contributed by atoms with van der Waals surface area (Å²) >= 11 is 1.54. The first-order valence-electron chi connectivity index (χ1n) is 10.7. The number of nitrogens with zero attached hydrogens (tertiary/aromatic N) is 5. The second kappa shape index (κ2) is 9.42. The van der Waals surface area contributed by atoms with E-state index in [0.717, 1.165) is 27.8 Å². The molecule has 2 heterocycles. The number of aryl methyl sites for hydroxylation is 2. The molecule has 0 saturated carbocycles. The Hall–Kier alpha value is -3.71. The molecule has 0 amide bonds. The summed E-state index contributed by atoms with van der Waals surface area (Å²) in [6, 6.07) is 26.7. The average Bonchev–Trinajstić information content (AvgIpc) is 3.46. The molecule has 0 bridgehead atoms. The van der Waals surface area contributed by atoms with Crippen molar-refractivity contribution in [3.63, 3.8) is 0 Å². The Kier molecular flexibility index (Phi) is 6.04. The minimum absolute atomic E-state index is 0.508. The van der Waals surface area contributed by atoms with E-state index in [4.69, 9.17) is 4.52 Å². The van der Waals surface area contributed by atoms with Crippen molar-refractivity contribution in [1.29, 1.82) is 0 Å². The summed E-state index contributed by atoms with van der Waals surface area (Å²) < 4.78 is 7.64. The predicted octanol–water partition coefficient (Wildman–Crippen LogP) is 5.82. The first kappa shape index (κ1) is 21.2. The molecule has 0 aliphatic heterocycles. The molecule has 0 atom stereocenters. The van der Waals surface area contributed by atoms with Crippen LogP contribution in [-0.4, -0.2) is 24.9 Å². The Balaban J connectivity index is 1.42. The van der Waals surface area contributed by atoms with Crippen LogP contribution in [0.5, 0.6) is 0 Å². The Morgan fingerprint density at radius 3 is 2.52 bits per heavy atom. The molecule has 0 spiro atoms. The zero-order valence-corrected chi connectivity index (χ0v) is 19.3. The van der Waals surface area contributed by atoms with Gasteiger partial charge in [-0.25, -0.2) is 0 Å². The Morgan fingerprint density at radius 2 is 1.70 bits per heavy atom. The van der Waals surface area contributed by atoms with E-state index in [1.54, 1.807) is 0 Å². The van der Waals surface area contributed by atoms with Crippen LogP contribution < -0.4 is 0 Å². The van der Waals surface area contributed by atoms with Gasteiger partial charge < -0.3 is 4.52 Å². The Labute approximate surface area is 196 Å². The average molecular weight is 454 g/mol. The lowest BCUT2D eigenvalue weighted by atomic mass is 10.1. The zero-order valence-electron chi connectivity index (χ0n) is 18.5. The lowest BCUT2D eigenvalue weighted by Gasteiger charge is -2.10. The van der Waals surface area contributed by atoms with Crippen molar-refractivity contribution >= 4 is 11.8 Å². The Morgan fingerprint density at radius 1 is 0.879 bits per heavy atom. The van der Waals surface area contributed by atoms with E-state index in [0.29, 0.717) is 23.9 Å². The van der Waals surface area contributed by atoms with Gasteiger partial charge in [-0.3, -0.25) is 4.57 Å². The maximum absolute atomic E-state index is 5.52. The summed E-state index contributed by atoms with van der Waals surface area (Å²) in [6.45, 7) is 4.13. The molecule has 7 heteroatoms. The normalized spacial score (nSPS) is 11.1. The highest BCUT2D eigenvalue weighted by Crippen LogP contribution is 2.27. The van der Waals surface area contributed by atoms with Crippen LogP contribution >= 0.6 is 11.8 Å². The van der Waals surface area contributed by atoms with Crippen LogP contribution in [0.2, 0.25) is 0 Å². The van der Waals surface area contributed by atoms with Gasteiger partial charge in [0, 0.05) is 17.7 Å². The highest BCUT2D eigenvalue weighted by Gasteiger charge is 2.17. The quantitative estimate of drug-likeness (QED) is 0.289. The third-order valence-corrected chi connectivity index (χ3v) is 6.26. The molecule has 6 nitrogen and oxygen atoms in total. The van der Waals surface area contributed by atoms with Gasteiger partial charge in [-0.05, 0) is 42.7 Å². The van der Waals surface area contributed by atoms with Gasteiger partial charge in [0.25, 0.3) is 0 Å². The van der Waals surface area contributed by atoms with Gasteiger partial charge in [-0.1, -0.05) is 83.6 Å². The number of thioether (sulfide) groups is 1. The number of hydrogen-bond donors (Lipinski definition) is 0. The van der Waals surface area contributed by atoms with Crippen molar-refractivity contribution < 1.29 is 4.52 Å². The van der Waals surface area contributed by atoms with Crippen LogP contribution in [-0.2, 0) is 12.2 Å². The molecule has 0 saturated heterocycles. The third-order valence-electron chi connectivity index (χ3n) is 5.34. The van der Waals surface area contributed by atoms with Crippen LogP contribution in [0.4, 0.5) is 0 Å². The summed E-state index contributed by atoms with van der Waals surface area (Å²) in [4.78, 5) is 4.59. The zero-order chi connectivity index (χ0) is 22.6. The van der Waals surface area contributed by atoms with Crippen molar-refractivity contribution in [2.75, 3.05) is 0 Å². The van der Waals surface area contributed by atoms with E-state index in [2.05, 4.69) is 68.2 Å². The molecule has 3 aromatic carbocycles. The summed E-state index contributed by atoms with van der Waals surface area (Å²) in [7, 11) is 0. The third kappa shape index (κ3) is 4.73. The van der Waals surface area contributed by atoms with E-state index in [1.807, 2.05) is 49.4 Å². The van der Waals surface area contributed by atoms with Crippen LogP contribution in [0.1, 0.15) is 28.4 Å². The number of benzene rings is 3. The lowest BCUT2D eigenvalue weighted by Crippen LogP contribution is -2.04. The fourth-order valence-electron chi connectivity index (χ4n) is 3.69. The fraction of sp³-hybridized carbons (Fsp3) is 0.154. The number of aromatic nitrogens is 5. The number of hydrogen-bond acceptors (Lipinski definition) is 6. The highest BCUT2D eigenvalue weighted by atomic mass is 32.2. The molecule has 5 aromatic rings. The topological polar surface area (TPSA) is 69.6 Å². The van der Waals surface area contributed by atoms with E-state index in [1.165, 1.54) is 22.9 Å². The summed E-state index contributed by atoms with van der Waals surface area (Å²) in [5.74, 6) is 2.56.